The number of hydrogen-bond acceptors (Lipinski definition) is 4. The lowest BCUT2D eigenvalue weighted by molar-refractivity contribution is 0.573. The average molecular weight is 348 g/mol. The molecule has 4 aromatic rings. The van der Waals surface area contributed by atoms with Gasteiger partial charge in [-0.25, -0.2) is 0 Å². The van der Waals surface area contributed by atoms with Crippen molar-refractivity contribution in [3.63, 3.8) is 0 Å². The van der Waals surface area contributed by atoms with Gasteiger partial charge in [0.1, 0.15) is 0 Å². The van der Waals surface area contributed by atoms with Gasteiger partial charge in [-0.2, -0.15) is 5.10 Å². The molecule has 0 saturated heterocycles. The Morgan fingerprint density at radius 1 is 1.16 bits per heavy atom. The molecule has 4 nitrogen and oxygen atoms in total. The normalized spacial score (nSPS) is 12.5. The summed E-state index contributed by atoms with van der Waals surface area (Å²) in [5.74, 6) is 0. The van der Waals surface area contributed by atoms with Gasteiger partial charge in [0.05, 0.1) is 16.8 Å². The first-order valence-corrected chi connectivity index (χ1v) is 9.28. The molecule has 0 saturated carbocycles. The van der Waals surface area contributed by atoms with E-state index in [2.05, 4.69) is 64.1 Å². The smallest absolute Gasteiger partial charge is 0.0809 e. The Bertz CT molecular complexity index is 959. The van der Waals surface area contributed by atoms with Crippen LogP contribution in [0.1, 0.15) is 29.7 Å². The minimum absolute atomic E-state index is 0.258. The van der Waals surface area contributed by atoms with Crippen molar-refractivity contribution in [1.82, 2.24) is 20.1 Å². The van der Waals surface area contributed by atoms with E-state index >= 15 is 0 Å². The van der Waals surface area contributed by atoms with Crippen molar-refractivity contribution in [1.29, 1.82) is 0 Å². The van der Waals surface area contributed by atoms with E-state index in [0.29, 0.717) is 0 Å². The SMILES string of the molecule is CC(NCc1cccc(Cn2cccn2)c1)c1cnc2ccsc2c1. The molecule has 126 valence electrons. The zero-order valence-corrected chi connectivity index (χ0v) is 14.9. The van der Waals surface area contributed by atoms with Gasteiger partial charge in [-0.05, 0) is 47.2 Å². The van der Waals surface area contributed by atoms with Crippen LogP contribution in [0.2, 0.25) is 0 Å². The summed E-state index contributed by atoms with van der Waals surface area (Å²) in [6.07, 6.45) is 5.77. The van der Waals surface area contributed by atoms with Crippen molar-refractivity contribution in [2.75, 3.05) is 0 Å². The Hall–Kier alpha value is -2.50. The Morgan fingerprint density at radius 2 is 2.08 bits per heavy atom. The average Bonchev–Trinajstić information content (AvgIpc) is 3.30. The molecule has 1 unspecified atom stereocenters. The molecule has 1 atom stereocenters. The van der Waals surface area contributed by atoms with Crippen LogP contribution in [0.3, 0.4) is 0 Å². The lowest BCUT2D eigenvalue weighted by Crippen LogP contribution is -2.18. The second-order valence-electron chi connectivity index (χ2n) is 6.20. The van der Waals surface area contributed by atoms with Crippen molar-refractivity contribution in [2.45, 2.75) is 26.1 Å². The number of nitrogens with zero attached hydrogens (tertiary/aromatic N) is 3. The van der Waals surface area contributed by atoms with Gasteiger partial charge in [0.25, 0.3) is 0 Å². The first-order chi connectivity index (χ1) is 12.3. The fourth-order valence-electron chi connectivity index (χ4n) is 2.91. The molecule has 0 spiro atoms. The molecule has 0 aliphatic heterocycles. The summed E-state index contributed by atoms with van der Waals surface area (Å²) in [6.45, 7) is 3.82. The van der Waals surface area contributed by atoms with Crippen molar-refractivity contribution < 1.29 is 0 Å². The Kier molecular flexibility index (Phi) is 4.59. The molecular weight excluding hydrogens is 328 g/mol. The molecule has 4 rings (SSSR count). The van der Waals surface area contributed by atoms with Crippen molar-refractivity contribution >= 4 is 21.6 Å². The number of rotatable bonds is 6. The van der Waals surface area contributed by atoms with Gasteiger partial charge in [-0.1, -0.05) is 24.3 Å². The van der Waals surface area contributed by atoms with Crippen LogP contribution in [-0.4, -0.2) is 14.8 Å². The van der Waals surface area contributed by atoms with Crippen LogP contribution in [-0.2, 0) is 13.1 Å². The van der Waals surface area contributed by atoms with E-state index in [1.54, 1.807) is 11.3 Å². The van der Waals surface area contributed by atoms with E-state index in [9.17, 15) is 0 Å². The topological polar surface area (TPSA) is 42.7 Å². The van der Waals surface area contributed by atoms with E-state index < -0.39 is 0 Å². The maximum Gasteiger partial charge on any atom is 0.0809 e. The van der Waals surface area contributed by atoms with Crippen molar-refractivity contribution in [2.24, 2.45) is 0 Å². The summed E-state index contributed by atoms with van der Waals surface area (Å²) in [7, 11) is 0. The largest absolute Gasteiger partial charge is 0.306 e. The van der Waals surface area contributed by atoms with E-state index in [0.717, 1.165) is 18.6 Å². The molecule has 25 heavy (non-hydrogen) atoms. The van der Waals surface area contributed by atoms with Crippen molar-refractivity contribution in [3.8, 4) is 0 Å². The molecule has 3 heterocycles. The standard InChI is InChI=1S/C20H20N4S/c1-15(18-11-20-19(22-13-18)6-9-25-20)21-12-16-4-2-5-17(10-16)14-24-8-3-7-23-24/h2-11,13,15,21H,12,14H2,1H3. The van der Waals surface area contributed by atoms with Gasteiger partial charge in [0, 0.05) is 31.2 Å². The van der Waals surface area contributed by atoms with E-state index in [-0.39, 0.29) is 6.04 Å². The zero-order valence-electron chi connectivity index (χ0n) is 14.1. The minimum atomic E-state index is 0.258. The highest BCUT2D eigenvalue weighted by Crippen LogP contribution is 2.22. The first-order valence-electron chi connectivity index (χ1n) is 8.40. The van der Waals surface area contributed by atoms with E-state index in [1.807, 2.05) is 29.3 Å². The number of thiophene rings is 1. The molecular formula is C20H20N4S. The minimum Gasteiger partial charge on any atom is -0.306 e. The summed E-state index contributed by atoms with van der Waals surface area (Å²) in [5, 5.41) is 9.96. The second kappa shape index (κ2) is 7.17. The van der Waals surface area contributed by atoms with Crippen LogP contribution < -0.4 is 5.32 Å². The molecule has 3 aromatic heterocycles. The monoisotopic (exact) mass is 348 g/mol. The third kappa shape index (κ3) is 3.78. The fourth-order valence-corrected chi connectivity index (χ4v) is 3.70. The maximum absolute atomic E-state index is 4.53. The van der Waals surface area contributed by atoms with Gasteiger partial charge < -0.3 is 5.32 Å². The van der Waals surface area contributed by atoms with Gasteiger partial charge in [0.15, 0.2) is 0 Å². The Balaban J connectivity index is 1.41. The lowest BCUT2D eigenvalue weighted by atomic mass is 10.1. The lowest BCUT2D eigenvalue weighted by Gasteiger charge is -2.14. The number of aromatic nitrogens is 3. The molecule has 1 aromatic carbocycles. The summed E-state index contributed by atoms with van der Waals surface area (Å²) in [4.78, 5) is 4.53. The highest BCUT2D eigenvalue weighted by Gasteiger charge is 2.08. The third-order valence-corrected chi connectivity index (χ3v) is 5.18. The van der Waals surface area contributed by atoms with Gasteiger partial charge in [-0.3, -0.25) is 9.67 Å². The third-order valence-electron chi connectivity index (χ3n) is 4.33. The van der Waals surface area contributed by atoms with E-state index in [4.69, 9.17) is 0 Å². The van der Waals surface area contributed by atoms with Crippen LogP contribution in [0.25, 0.3) is 10.2 Å². The molecule has 0 aliphatic carbocycles. The fraction of sp³-hybridized carbons (Fsp3) is 0.200. The second-order valence-corrected chi connectivity index (χ2v) is 7.15. The Labute approximate surface area is 151 Å². The van der Waals surface area contributed by atoms with Crippen LogP contribution in [0, 0.1) is 0 Å². The summed E-state index contributed by atoms with van der Waals surface area (Å²) in [6, 6.07) is 15.2. The zero-order chi connectivity index (χ0) is 17.1. The molecule has 1 N–H and O–H groups in total. The van der Waals surface area contributed by atoms with E-state index in [1.165, 1.54) is 21.4 Å². The van der Waals surface area contributed by atoms with Crippen LogP contribution >= 0.6 is 11.3 Å². The van der Waals surface area contributed by atoms with Gasteiger partial charge in [0.2, 0.25) is 0 Å². The highest BCUT2D eigenvalue weighted by molar-refractivity contribution is 7.17. The molecule has 5 heteroatoms. The summed E-state index contributed by atoms with van der Waals surface area (Å²) in [5.41, 5.74) is 4.84. The summed E-state index contributed by atoms with van der Waals surface area (Å²) < 4.78 is 3.18. The van der Waals surface area contributed by atoms with Gasteiger partial charge >= 0.3 is 0 Å². The molecule has 0 aliphatic rings. The first kappa shape index (κ1) is 16.0. The molecule has 0 fully saturated rings. The highest BCUT2D eigenvalue weighted by atomic mass is 32.1. The van der Waals surface area contributed by atoms with Crippen molar-refractivity contribution in [3.05, 3.63) is 83.1 Å². The van der Waals surface area contributed by atoms with Crippen LogP contribution in [0.5, 0.6) is 0 Å². The predicted molar refractivity (Wildman–Crippen MR) is 103 cm³/mol. The summed E-state index contributed by atoms with van der Waals surface area (Å²) >= 11 is 1.74. The number of fused-ring (bicyclic) bond motifs is 1. The predicted octanol–water partition coefficient (Wildman–Crippen LogP) is 4.39. The quantitative estimate of drug-likeness (QED) is 0.562. The molecule has 0 amide bonds. The Morgan fingerprint density at radius 3 is 2.96 bits per heavy atom. The molecule has 0 bridgehead atoms. The van der Waals surface area contributed by atoms with Crippen LogP contribution in [0.15, 0.2) is 66.4 Å². The number of hydrogen-bond donors (Lipinski definition) is 1. The van der Waals surface area contributed by atoms with Gasteiger partial charge in [-0.15, -0.1) is 11.3 Å². The molecule has 0 radical (unpaired) electrons. The number of benzene rings is 1. The van der Waals surface area contributed by atoms with Crippen LogP contribution in [0.4, 0.5) is 0 Å². The maximum atomic E-state index is 4.53. The number of pyridine rings is 1. The number of nitrogens with one attached hydrogen (secondary N) is 1.